The second kappa shape index (κ2) is 8.21. The average Bonchev–Trinajstić information content (AvgIpc) is 2.87. The van der Waals surface area contributed by atoms with Crippen LogP contribution in [0.5, 0.6) is 5.75 Å². The Kier molecular flexibility index (Phi) is 6.29. The minimum Gasteiger partial charge on any atom is -0.486 e. The number of carbonyl (C=O) groups excluding carboxylic acids is 1. The first-order valence-electron chi connectivity index (χ1n) is 7.22. The standard InChI is InChI=1S/C15H19ClN4O2S/c1-4-17-14(21)10(2)23-15-19-18-13(20(15)3)9-22-12-7-5-11(16)6-8-12/h5-8,10H,4,9H2,1-3H3,(H,17,21)/t10-/m1/s1. The Hall–Kier alpha value is -1.73. The van der Waals surface area contributed by atoms with Crippen LogP contribution in [0.3, 0.4) is 0 Å². The number of nitrogens with zero attached hydrogens (tertiary/aromatic N) is 3. The first-order chi connectivity index (χ1) is 11.0. The molecule has 0 fully saturated rings. The summed E-state index contributed by atoms with van der Waals surface area (Å²) >= 11 is 7.20. The Bertz CT molecular complexity index is 660. The molecule has 6 nitrogen and oxygen atoms in total. The number of halogens is 1. The number of amides is 1. The maximum absolute atomic E-state index is 11.8. The first-order valence-corrected chi connectivity index (χ1v) is 8.48. The molecule has 23 heavy (non-hydrogen) atoms. The van der Waals surface area contributed by atoms with Gasteiger partial charge >= 0.3 is 0 Å². The third kappa shape index (κ3) is 4.87. The van der Waals surface area contributed by atoms with Crippen LogP contribution in [0.25, 0.3) is 0 Å². The van der Waals surface area contributed by atoms with Crippen LogP contribution in [0.4, 0.5) is 0 Å². The fraction of sp³-hybridized carbons (Fsp3) is 0.400. The van der Waals surface area contributed by atoms with Crippen LogP contribution in [0.1, 0.15) is 19.7 Å². The molecule has 1 N–H and O–H groups in total. The van der Waals surface area contributed by atoms with Crippen LogP contribution >= 0.6 is 23.4 Å². The summed E-state index contributed by atoms with van der Waals surface area (Å²) in [4.78, 5) is 11.8. The fourth-order valence-electron chi connectivity index (χ4n) is 1.78. The van der Waals surface area contributed by atoms with Crippen molar-refractivity contribution < 1.29 is 9.53 Å². The number of ether oxygens (including phenoxy) is 1. The van der Waals surface area contributed by atoms with Crippen LogP contribution in [0.15, 0.2) is 29.4 Å². The van der Waals surface area contributed by atoms with Crippen molar-refractivity contribution in [2.45, 2.75) is 30.9 Å². The fourth-order valence-corrected chi connectivity index (χ4v) is 2.77. The molecule has 1 amide bonds. The van der Waals surface area contributed by atoms with E-state index in [-0.39, 0.29) is 11.2 Å². The van der Waals surface area contributed by atoms with E-state index in [1.54, 1.807) is 24.3 Å². The van der Waals surface area contributed by atoms with Gasteiger partial charge < -0.3 is 14.6 Å². The van der Waals surface area contributed by atoms with E-state index in [0.717, 1.165) is 0 Å². The summed E-state index contributed by atoms with van der Waals surface area (Å²) < 4.78 is 7.49. The molecule has 0 aliphatic rings. The van der Waals surface area contributed by atoms with Crippen molar-refractivity contribution in [3.8, 4) is 5.75 Å². The SMILES string of the molecule is CCNC(=O)[C@@H](C)Sc1nnc(COc2ccc(Cl)cc2)n1C. The molecule has 0 radical (unpaired) electrons. The monoisotopic (exact) mass is 354 g/mol. The van der Waals surface area contributed by atoms with Crippen LogP contribution in [-0.4, -0.2) is 32.5 Å². The number of benzene rings is 1. The number of hydrogen-bond donors (Lipinski definition) is 1. The first kappa shape index (κ1) is 17.6. The molecule has 0 aliphatic carbocycles. The third-order valence-corrected chi connectivity index (χ3v) is 4.50. The van der Waals surface area contributed by atoms with Crippen molar-refractivity contribution in [3.05, 3.63) is 35.1 Å². The maximum Gasteiger partial charge on any atom is 0.233 e. The topological polar surface area (TPSA) is 69.0 Å². The lowest BCUT2D eigenvalue weighted by Gasteiger charge is -2.10. The van der Waals surface area contributed by atoms with Crippen molar-refractivity contribution in [3.63, 3.8) is 0 Å². The second-order valence-electron chi connectivity index (χ2n) is 4.86. The van der Waals surface area contributed by atoms with E-state index in [4.69, 9.17) is 16.3 Å². The number of nitrogens with one attached hydrogen (secondary N) is 1. The molecule has 0 bridgehead atoms. The van der Waals surface area contributed by atoms with E-state index in [0.29, 0.717) is 34.9 Å². The van der Waals surface area contributed by atoms with Gasteiger partial charge in [0.1, 0.15) is 12.4 Å². The van der Waals surface area contributed by atoms with Gasteiger partial charge in [0.25, 0.3) is 0 Å². The van der Waals surface area contributed by atoms with E-state index < -0.39 is 0 Å². The largest absolute Gasteiger partial charge is 0.486 e. The molecule has 1 aromatic heterocycles. The molecular formula is C15H19ClN4O2S. The summed E-state index contributed by atoms with van der Waals surface area (Å²) in [6, 6.07) is 7.13. The third-order valence-electron chi connectivity index (χ3n) is 3.11. The van der Waals surface area contributed by atoms with Crippen LogP contribution in [-0.2, 0) is 18.4 Å². The van der Waals surface area contributed by atoms with Crippen LogP contribution < -0.4 is 10.1 Å². The molecular weight excluding hydrogens is 336 g/mol. The van der Waals surface area contributed by atoms with Crippen LogP contribution in [0, 0.1) is 0 Å². The minimum absolute atomic E-state index is 0.0144. The number of aromatic nitrogens is 3. The Morgan fingerprint density at radius 2 is 2.09 bits per heavy atom. The molecule has 8 heteroatoms. The summed E-state index contributed by atoms with van der Waals surface area (Å²) in [5.74, 6) is 1.38. The molecule has 0 spiro atoms. The van der Waals surface area contributed by atoms with E-state index in [1.165, 1.54) is 11.8 Å². The highest BCUT2D eigenvalue weighted by molar-refractivity contribution is 8.00. The Labute approximate surface area is 144 Å². The van der Waals surface area contributed by atoms with Gasteiger partial charge in [-0.05, 0) is 38.1 Å². The van der Waals surface area contributed by atoms with Gasteiger partial charge in [-0.25, -0.2) is 0 Å². The summed E-state index contributed by atoms with van der Waals surface area (Å²) in [7, 11) is 1.85. The van der Waals surface area contributed by atoms with Gasteiger partial charge in [-0.3, -0.25) is 4.79 Å². The molecule has 0 aliphatic heterocycles. The van der Waals surface area contributed by atoms with Gasteiger partial charge in [-0.15, -0.1) is 10.2 Å². The molecule has 0 saturated carbocycles. The highest BCUT2D eigenvalue weighted by Crippen LogP contribution is 2.22. The van der Waals surface area contributed by atoms with E-state index >= 15 is 0 Å². The Balaban J connectivity index is 1.96. The number of hydrogen-bond acceptors (Lipinski definition) is 5. The van der Waals surface area contributed by atoms with Crippen molar-refractivity contribution in [1.82, 2.24) is 20.1 Å². The van der Waals surface area contributed by atoms with E-state index in [1.807, 2.05) is 25.5 Å². The molecule has 1 aromatic carbocycles. The van der Waals surface area contributed by atoms with E-state index in [2.05, 4.69) is 15.5 Å². The lowest BCUT2D eigenvalue weighted by atomic mass is 10.3. The number of thioether (sulfide) groups is 1. The van der Waals surface area contributed by atoms with Gasteiger partial charge in [0.15, 0.2) is 11.0 Å². The smallest absolute Gasteiger partial charge is 0.233 e. The predicted octanol–water partition coefficient (Wildman–Crippen LogP) is 2.66. The number of carbonyl (C=O) groups is 1. The molecule has 2 aromatic rings. The van der Waals surface area contributed by atoms with Gasteiger partial charge in [0.2, 0.25) is 5.91 Å². The zero-order valence-corrected chi connectivity index (χ0v) is 14.8. The Morgan fingerprint density at radius 3 is 2.74 bits per heavy atom. The highest BCUT2D eigenvalue weighted by atomic mass is 35.5. The van der Waals surface area contributed by atoms with Crippen molar-refractivity contribution in [2.75, 3.05) is 6.54 Å². The highest BCUT2D eigenvalue weighted by Gasteiger charge is 2.18. The summed E-state index contributed by atoms with van der Waals surface area (Å²) in [6.07, 6.45) is 0. The zero-order chi connectivity index (χ0) is 16.8. The molecule has 124 valence electrons. The van der Waals surface area contributed by atoms with Gasteiger partial charge in [-0.2, -0.15) is 0 Å². The second-order valence-corrected chi connectivity index (χ2v) is 6.60. The average molecular weight is 355 g/mol. The maximum atomic E-state index is 11.8. The van der Waals surface area contributed by atoms with Gasteiger partial charge in [-0.1, -0.05) is 23.4 Å². The van der Waals surface area contributed by atoms with Crippen molar-refractivity contribution in [1.29, 1.82) is 0 Å². The molecule has 1 atom stereocenters. The molecule has 1 heterocycles. The molecule has 0 unspecified atom stereocenters. The van der Waals surface area contributed by atoms with E-state index in [9.17, 15) is 4.79 Å². The van der Waals surface area contributed by atoms with Crippen LogP contribution in [0.2, 0.25) is 5.02 Å². The van der Waals surface area contributed by atoms with Gasteiger partial charge in [0, 0.05) is 18.6 Å². The summed E-state index contributed by atoms with van der Waals surface area (Å²) in [5.41, 5.74) is 0. The predicted molar refractivity (Wildman–Crippen MR) is 90.8 cm³/mol. The lowest BCUT2D eigenvalue weighted by molar-refractivity contribution is -0.120. The zero-order valence-electron chi connectivity index (χ0n) is 13.2. The Morgan fingerprint density at radius 1 is 1.39 bits per heavy atom. The quantitative estimate of drug-likeness (QED) is 0.774. The normalized spacial score (nSPS) is 12.0. The number of rotatable bonds is 7. The lowest BCUT2D eigenvalue weighted by Crippen LogP contribution is -2.30. The minimum atomic E-state index is -0.233. The summed E-state index contributed by atoms with van der Waals surface area (Å²) in [5, 5.41) is 12.1. The molecule has 2 rings (SSSR count). The summed E-state index contributed by atoms with van der Waals surface area (Å²) in [6.45, 7) is 4.64. The van der Waals surface area contributed by atoms with Crippen molar-refractivity contribution >= 4 is 29.3 Å². The molecule has 0 saturated heterocycles. The van der Waals surface area contributed by atoms with Crippen molar-refractivity contribution in [2.24, 2.45) is 7.05 Å². The van der Waals surface area contributed by atoms with Gasteiger partial charge in [0.05, 0.1) is 5.25 Å².